The quantitative estimate of drug-likeness (QED) is 0.624. The van der Waals surface area contributed by atoms with E-state index in [9.17, 15) is 8.42 Å². The van der Waals surface area contributed by atoms with Crippen molar-refractivity contribution < 1.29 is 13.2 Å². The van der Waals surface area contributed by atoms with Crippen molar-refractivity contribution in [2.75, 3.05) is 32.7 Å². The van der Waals surface area contributed by atoms with Gasteiger partial charge >= 0.3 is 0 Å². The molecule has 0 radical (unpaired) electrons. The second kappa shape index (κ2) is 7.46. The third kappa shape index (κ3) is 4.79. The van der Waals surface area contributed by atoms with Gasteiger partial charge in [-0.05, 0) is 36.3 Å². The lowest BCUT2D eigenvalue weighted by Crippen LogP contribution is -2.53. The maximum absolute atomic E-state index is 11.7. The van der Waals surface area contributed by atoms with Crippen molar-refractivity contribution in [3.8, 4) is 5.75 Å². The largest absolute Gasteiger partial charge is 0.497 e. The minimum absolute atomic E-state index is 0.106. The van der Waals surface area contributed by atoms with Crippen LogP contribution in [0.4, 0.5) is 0 Å². The zero-order valence-corrected chi connectivity index (χ0v) is 15.3. The monoisotopic (exact) mass is 357 g/mol. The summed E-state index contributed by atoms with van der Waals surface area (Å²) < 4.78 is 28.6. The van der Waals surface area contributed by atoms with Crippen molar-refractivity contribution in [3.63, 3.8) is 0 Å². The first kappa shape index (κ1) is 18.0. The average molecular weight is 358 g/mol. The van der Waals surface area contributed by atoms with E-state index in [2.05, 4.69) is 5.32 Å². The highest BCUT2D eigenvalue weighted by Gasteiger charge is 2.34. The third-order valence-electron chi connectivity index (χ3n) is 3.80. The Morgan fingerprint density at radius 3 is 2.48 bits per heavy atom. The molecule has 1 atom stereocenters. The summed E-state index contributed by atoms with van der Waals surface area (Å²) in [5, 5.41) is 7.43. The molecular weight excluding hydrogens is 334 g/mol. The van der Waals surface area contributed by atoms with Crippen LogP contribution in [0.15, 0.2) is 24.3 Å². The molecule has 1 saturated heterocycles. The Morgan fingerprint density at radius 1 is 1.35 bits per heavy atom. The number of rotatable bonds is 5. The van der Waals surface area contributed by atoms with E-state index in [-0.39, 0.29) is 17.5 Å². The standard InChI is InChI=1S/C15H23N3O3S2/c1-17(2)18(13-8-9-23(19,20)11-13)15(22)16-10-12-4-6-14(21-3)7-5-12/h4-7,13H,8-11H2,1-3H3,(H,16,22)/t13-/m1/s1. The summed E-state index contributed by atoms with van der Waals surface area (Å²) in [5.41, 5.74) is 1.07. The molecule has 8 heteroatoms. The Balaban J connectivity index is 1.98. The Morgan fingerprint density at radius 2 is 2.00 bits per heavy atom. The fourth-order valence-electron chi connectivity index (χ4n) is 2.64. The zero-order chi connectivity index (χ0) is 17.0. The molecular formula is C15H23N3O3S2. The van der Waals surface area contributed by atoms with Crippen LogP contribution in [0.5, 0.6) is 5.75 Å². The molecule has 0 bridgehead atoms. The number of hydrogen-bond donors (Lipinski definition) is 1. The van der Waals surface area contributed by atoms with E-state index in [1.807, 2.05) is 48.4 Å². The van der Waals surface area contributed by atoms with Crippen LogP contribution in [-0.2, 0) is 16.4 Å². The van der Waals surface area contributed by atoms with E-state index in [1.54, 1.807) is 7.11 Å². The van der Waals surface area contributed by atoms with Gasteiger partial charge in [-0.25, -0.2) is 13.4 Å². The lowest BCUT2D eigenvalue weighted by Gasteiger charge is -2.36. The van der Waals surface area contributed by atoms with Gasteiger partial charge in [-0.3, -0.25) is 5.01 Å². The lowest BCUT2D eigenvalue weighted by atomic mass is 10.2. The Kier molecular flexibility index (Phi) is 5.83. The molecule has 1 aliphatic rings. The molecule has 1 heterocycles. The van der Waals surface area contributed by atoms with Crippen molar-refractivity contribution in [2.24, 2.45) is 0 Å². The second-order valence-corrected chi connectivity index (χ2v) is 8.37. The first-order valence-corrected chi connectivity index (χ1v) is 9.63. The van der Waals surface area contributed by atoms with Gasteiger partial charge in [0.15, 0.2) is 14.9 Å². The maximum atomic E-state index is 11.7. The van der Waals surface area contributed by atoms with Gasteiger partial charge in [0.05, 0.1) is 24.7 Å². The summed E-state index contributed by atoms with van der Waals surface area (Å²) in [6.07, 6.45) is 0.602. The van der Waals surface area contributed by atoms with Crippen molar-refractivity contribution in [1.29, 1.82) is 0 Å². The lowest BCUT2D eigenvalue weighted by molar-refractivity contribution is 0.0712. The molecule has 1 aromatic carbocycles. The molecule has 0 aliphatic carbocycles. The van der Waals surface area contributed by atoms with Crippen molar-refractivity contribution in [3.05, 3.63) is 29.8 Å². The van der Waals surface area contributed by atoms with Crippen LogP contribution in [-0.4, -0.2) is 62.3 Å². The number of hydrogen-bond acceptors (Lipinski definition) is 5. The molecule has 128 valence electrons. The number of methoxy groups -OCH3 is 1. The summed E-state index contributed by atoms with van der Waals surface area (Å²) in [7, 11) is 2.41. The average Bonchev–Trinajstić information content (AvgIpc) is 2.85. The van der Waals surface area contributed by atoms with E-state index >= 15 is 0 Å². The van der Waals surface area contributed by atoms with Crippen LogP contribution in [0.3, 0.4) is 0 Å². The van der Waals surface area contributed by atoms with Crippen molar-refractivity contribution >= 4 is 27.2 Å². The highest BCUT2D eigenvalue weighted by molar-refractivity contribution is 7.91. The SMILES string of the molecule is COc1ccc(CNC(=S)N([C@@H]2CCS(=O)(=O)C2)N(C)C)cc1. The molecule has 0 amide bonds. The second-order valence-electron chi connectivity index (χ2n) is 5.76. The maximum Gasteiger partial charge on any atom is 0.184 e. The summed E-state index contributed by atoms with van der Waals surface area (Å²) in [5.74, 6) is 1.18. The summed E-state index contributed by atoms with van der Waals surface area (Å²) in [6, 6.07) is 7.62. The number of nitrogens with one attached hydrogen (secondary N) is 1. The van der Waals surface area contributed by atoms with Crippen LogP contribution in [0.25, 0.3) is 0 Å². The van der Waals surface area contributed by atoms with Crippen LogP contribution in [0.2, 0.25) is 0 Å². The predicted octanol–water partition coefficient (Wildman–Crippen LogP) is 1.04. The van der Waals surface area contributed by atoms with E-state index < -0.39 is 9.84 Å². The first-order chi connectivity index (χ1) is 10.8. The van der Waals surface area contributed by atoms with Crippen LogP contribution in [0, 0.1) is 0 Å². The molecule has 1 fully saturated rings. The molecule has 2 rings (SSSR count). The van der Waals surface area contributed by atoms with Gasteiger partial charge in [-0.15, -0.1) is 0 Å². The molecule has 1 aromatic rings. The molecule has 0 saturated carbocycles. The smallest absolute Gasteiger partial charge is 0.184 e. The van der Waals surface area contributed by atoms with Gasteiger partial charge in [0.25, 0.3) is 0 Å². The molecule has 6 nitrogen and oxygen atoms in total. The number of hydrazine groups is 1. The summed E-state index contributed by atoms with van der Waals surface area (Å²) in [4.78, 5) is 0. The van der Waals surface area contributed by atoms with E-state index in [0.29, 0.717) is 18.1 Å². The van der Waals surface area contributed by atoms with E-state index in [0.717, 1.165) is 11.3 Å². The molecule has 23 heavy (non-hydrogen) atoms. The third-order valence-corrected chi connectivity index (χ3v) is 5.88. The van der Waals surface area contributed by atoms with Gasteiger partial charge < -0.3 is 10.1 Å². The van der Waals surface area contributed by atoms with E-state index in [4.69, 9.17) is 17.0 Å². The van der Waals surface area contributed by atoms with Gasteiger partial charge in [-0.1, -0.05) is 12.1 Å². The van der Waals surface area contributed by atoms with Crippen molar-refractivity contribution in [1.82, 2.24) is 15.3 Å². The Labute approximate surface area is 143 Å². The van der Waals surface area contributed by atoms with Crippen LogP contribution >= 0.6 is 12.2 Å². The normalized spacial score (nSPS) is 19.6. The van der Waals surface area contributed by atoms with Crippen LogP contribution in [0.1, 0.15) is 12.0 Å². The minimum Gasteiger partial charge on any atom is -0.497 e. The van der Waals surface area contributed by atoms with Gasteiger partial charge in [0.2, 0.25) is 0 Å². The first-order valence-electron chi connectivity index (χ1n) is 7.40. The number of sulfone groups is 1. The van der Waals surface area contributed by atoms with Crippen LogP contribution < -0.4 is 10.1 Å². The number of benzene rings is 1. The fourth-order valence-corrected chi connectivity index (χ4v) is 4.72. The summed E-state index contributed by atoms with van der Waals surface area (Å²) in [6.45, 7) is 0.576. The van der Waals surface area contributed by atoms with Gasteiger partial charge in [0, 0.05) is 20.6 Å². The fraction of sp³-hybridized carbons (Fsp3) is 0.533. The zero-order valence-electron chi connectivity index (χ0n) is 13.7. The predicted molar refractivity (Wildman–Crippen MR) is 95.0 cm³/mol. The highest BCUT2D eigenvalue weighted by atomic mass is 32.2. The molecule has 0 unspecified atom stereocenters. The Hall–Kier alpha value is -1.38. The topological polar surface area (TPSA) is 61.9 Å². The minimum atomic E-state index is -2.95. The molecule has 0 spiro atoms. The number of ether oxygens (including phenoxy) is 1. The molecule has 1 aliphatic heterocycles. The number of thiocarbonyl (C=S) groups is 1. The Bertz CT molecular complexity index is 644. The molecule has 0 aromatic heterocycles. The van der Waals surface area contributed by atoms with E-state index in [1.165, 1.54) is 0 Å². The van der Waals surface area contributed by atoms with Gasteiger partial charge in [0.1, 0.15) is 5.75 Å². The molecule has 1 N–H and O–H groups in total. The number of nitrogens with zero attached hydrogens (tertiary/aromatic N) is 2. The van der Waals surface area contributed by atoms with Crippen molar-refractivity contribution in [2.45, 2.75) is 19.0 Å². The van der Waals surface area contributed by atoms with Gasteiger partial charge in [-0.2, -0.15) is 0 Å². The summed E-state index contributed by atoms with van der Waals surface area (Å²) >= 11 is 5.46. The highest BCUT2D eigenvalue weighted by Crippen LogP contribution is 2.19.